The average Bonchev–Trinajstić information content (AvgIpc) is 3.22. The minimum absolute atomic E-state index is 0.338. The van der Waals surface area contributed by atoms with E-state index in [9.17, 15) is 4.79 Å². The number of hydrogen-bond donors (Lipinski definition) is 0. The number of nitrogens with zero attached hydrogens (tertiary/aromatic N) is 4. The topological polar surface area (TPSA) is 51.0 Å². The molecule has 2 aliphatic heterocycles. The van der Waals surface area contributed by atoms with E-state index in [2.05, 4.69) is 39.4 Å². The molecule has 5 heteroatoms. The summed E-state index contributed by atoms with van der Waals surface area (Å²) < 4.78 is 0. The van der Waals surface area contributed by atoms with E-state index >= 15 is 0 Å². The van der Waals surface area contributed by atoms with E-state index in [0.29, 0.717) is 30.5 Å². The van der Waals surface area contributed by atoms with Gasteiger partial charge in [-0.25, -0.2) is 0 Å². The highest BCUT2D eigenvalue weighted by Crippen LogP contribution is 2.40. The van der Waals surface area contributed by atoms with Gasteiger partial charge in [0.1, 0.15) is 0 Å². The molecule has 2 saturated heterocycles. The van der Waals surface area contributed by atoms with Gasteiger partial charge in [-0.1, -0.05) is 30.3 Å². The second kappa shape index (κ2) is 6.75. The molecule has 1 aromatic carbocycles. The van der Waals surface area contributed by atoms with Crippen molar-refractivity contribution in [3.63, 3.8) is 0 Å². The van der Waals surface area contributed by atoms with Crippen LogP contribution < -0.4 is 0 Å². The largest absolute Gasteiger partial charge is 0.337 e. The van der Waals surface area contributed by atoms with Gasteiger partial charge in [0.15, 0.2) is 0 Å². The molecule has 2 atom stereocenters. The summed E-state index contributed by atoms with van der Waals surface area (Å²) >= 11 is 0. The molecule has 2 fully saturated rings. The molecule has 24 heavy (non-hydrogen) atoms. The Labute approximate surface area is 142 Å². The number of carbonyl (C=O) groups excluding carboxylic acids is 1. The predicted octanol–water partition coefficient (Wildman–Crippen LogP) is 3.00. The first-order chi connectivity index (χ1) is 11.8. The van der Waals surface area contributed by atoms with E-state index in [-0.39, 0.29) is 0 Å². The molecule has 126 valence electrons. The number of hydrogen-bond acceptors (Lipinski definition) is 3. The van der Waals surface area contributed by atoms with Gasteiger partial charge < -0.3 is 4.90 Å². The number of aryl methyl sites for hydroxylation is 1. The molecule has 0 N–H and O–H groups in total. The summed E-state index contributed by atoms with van der Waals surface area (Å²) in [7, 11) is 0. The monoisotopic (exact) mass is 324 g/mol. The van der Waals surface area contributed by atoms with Gasteiger partial charge in [-0.2, -0.15) is 15.0 Å². The summed E-state index contributed by atoms with van der Waals surface area (Å²) in [5.74, 6) is 0.338. The number of piperidine rings is 1. The lowest BCUT2D eigenvalue weighted by atomic mass is 9.97. The second-order valence-corrected chi connectivity index (χ2v) is 7.00. The first kappa shape index (κ1) is 15.4. The molecule has 2 aromatic rings. The maximum atomic E-state index is 12.7. The Kier molecular flexibility index (Phi) is 4.32. The first-order valence-electron chi connectivity index (χ1n) is 9.02. The zero-order chi connectivity index (χ0) is 16.4. The molecule has 0 aliphatic carbocycles. The van der Waals surface area contributed by atoms with Gasteiger partial charge in [0.25, 0.3) is 0 Å². The summed E-state index contributed by atoms with van der Waals surface area (Å²) in [5.41, 5.74) is 1.32. The van der Waals surface area contributed by atoms with Crippen LogP contribution in [0, 0.1) is 0 Å². The fourth-order valence-corrected chi connectivity index (χ4v) is 4.38. The quantitative estimate of drug-likeness (QED) is 0.849. The van der Waals surface area contributed by atoms with E-state index < -0.39 is 0 Å². The third-order valence-corrected chi connectivity index (χ3v) is 5.46. The summed E-state index contributed by atoms with van der Waals surface area (Å²) in [6, 6.07) is 11.5. The molecule has 3 heterocycles. The number of fused-ring (bicyclic) bond motifs is 2. The predicted molar refractivity (Wildman–Crippen MR) is 91.3 cm³/mol. The van der Waals surface area contributed by atoms with Crippen LogP contribution in [0.3, 0.4) is 0 Å². The summed E-state index contributed by atoms with van der Waals surface area (Å²) in [6.07, 6.45) is 10.3. The number of aromatic nitrogens is 3. The number of rotatable bonds is 5. The number of carbonyl (C=O) groups is 1. The maximum absolute atomic E-state index is 12.7. The van der Waals surface area contributed by atoms with E-state index in [1.165, 1.54) is 5.56 Å². The van der Waals surface area contributed by atoms with Crippen LogP contribution in [-0.2, 0) is 11.2 Å². The maximum Gasteiger partial charge on any atom is 0.223 e. The zero-order valence-corrected chi connectivity index (χ0v) is 13.9. The molecule has 0 spiro atoms. The Hall–Kier alpha value is -2.17. The highest BCUT2D eigenvalue weighted by molar-refractivity contribution is 5.77. The van der Waals surface area contributed by atoms with Crippen molar-refractivity contribution in [1.29, 1.82) is 0 Å². The van der Waals surface area contributed by atoms with Crippen LogP contribution in [0.1, 0.15) is 50.1 Å². The lowest BCUT2D eigenvalue weighted by molar-refractivity contribution is -0.136. The van der Waals surface area contributed by atoms with Crippen LogP contribution in [0.15, 0.2) is 42.7 Å². The first-order valence-corrected chi connectivity index (χ1v) is 9.02. The van der Waals surface area contributed by atoms with Crippen molar-refractivity contribution in [1.82, 2.24) is 19.9 Å². The van der Waals surface area contributed by atoms with Crippen molar-refractivity contribution < 1.29 is 4.79 Å². The van der Waals surface area contributed by atoms with E-state index in [0.717, 1.165) is 38.5 Å². The Balaban J connectivity index is 1.33. The van der Waals surface area contributed by atoms with Gasteiger partial charge in [0, 0.05) is 18.5 Å². The SMILES string of the molecule is O=C(CCCc1ccccc1)N1C2CCC1CC(n1nccn1)C2. The fourth-order valence-electron chi connectivity index (χ4n) is 4.38. The molecule has 1 amide bonds. The van der Waals surface area contributed by atoms with Crippen LogP contribution >= 0.6 is 0 Å². The van der Waals surface area contributed by atoms with E-state index in [1.54, 1.807) is 12.4 Å². The van der Waals surface area contributed by atoms with Gasteiger partial charge >= 0.3 is 0 Å². The number of amides is 1. The van der Waals surface area contributed by atoms with Crippen LogP contribution in [0.4, 0.5) is 0 Å². The van der Waals surface area contributed by atoms with Gasteiger partial charge in [0.2, 0.25) is 5.91 Å². The summed E-state index contributed by atoms with van der Waals surface area (Å²) in [5, 5.41) is 8.58. The zero-order valence-electron chi connectivity index (χ0n) is 13.9. The van der Waals surface area contributed by atoms with Crippen molar-refractivity contribution in [2.45, 2.75) is 63.1 Å². The van der Waals surface area contributed by atoms with Crippen LogP contribution in [0.5, 0.6) is 0 Å². The van der Waals surface area contributed by atoms with Gasteiger partial charge in [-0.3, -0.25) is 4.79 Å². The third kappa shape index (κ3) is 3.07. The van der Waals surface area contributed by atoms with Gasteiger partial charge in [0.05, 0.1) is 18.4 Å². The normalized spacial score (nSPS) is 25.8. The second-order valence-electron chi connectivity index (χ2n) is 7.00. The molecular weight excluding hydrogens is 300 g/mol. The molecule has 1 aromatic heterocycles. The van der Waals surface area contributed by atoms with Crippen LogP contribution in [0.2, 0.25) is 0 Å². The summed E-state index contributed by atoms with van der Waals surface area (Å²) in [6.45, 7) is 0. The molecule has 2 aliphatic rings. The highest BCUT2D eigenvalue weighted by Gasteiger charge is 2.43. The van der Waals surface area contributed by atoms with Gasteiger partial charge in [-0.05, 0) is 44.1 Å². The van der Waals surface area contributed by atoms with Crippen molar-refractivity contribution >= 4 is 5.91 Å². The smallest absolute Gasteiger partial charge is 0.223 e. The lowest BCUT2D eigenvalue weighted by Gasteiger charge is -2.38. The van der Waals surface area contributed by atoms with E-state index in [4.69, 9.17) is 0 Å². The highest BCUT2D eigenvalue weighted by atomic mass is 16.2. The summed E-state index contributed by atoms with van der Waals surface area (Å²) in [4.78, 5) is 16.8. The Morgan fingerprint density at radius 1 is 1.00 bits per heavy atom. The molecule has 5 nitrogen and oxygen atoms in total. The van der Waals surface area contributed by atoms with Crippen molar-refractivity contribution in [2.24, 2.45) is 0 Å². The van der Waals surface area contributed by atoms with Crippen molar-refractivity contribution in [3.05, 3.63) is 48.3 Å². The molecule has 0 saturated carbocycles. The Bertz CT molecular complexity index is 656. The van der Waals surface area contributed by atoms with E-state index in [1.807, 2.05) is 10.9 Å². The minimum Gasteiger partial charge on any atom is -0.337 e. The van der Waals surface area contributed by atoms with Crippen LogP contribution in [-0.4, -0.2) is 37.9 Å². The van der Waals surface area contributed by atoms with Crippen molar-refractivity contribution in [2.75, 3.05) is 0 Å². The molecular formula is C19H24N4O. The van der Waals surface area contributed by atoms with Crippen LogP contribution in [0.25, 0.3) is 0 Å². The molecule has 2 bridgehead atoms. The van der Waals surface area contributed by atoms with Crippen molar-refractivity contribution in [3.8, 4) is 0 Å². The lowest BCUT2D eigenvalue weighted by Crippen LogP contribution is -2.47. The Morgan fingerprint density at radius 2 is 1.67 bits per heavy atom. The standard InChI is InChI=1S/C19H24N4O/c24-19(8-4-7-15-5-2-1-3-6-15)22-16-9-10-17(22)14-18(13-16)23-20-11-12-21-23/h1-3,5-6,11-12,16-18H,4,7-10,13-14H2. The third-order valence-electron chi connectivity index (χ3n) is 5.46. The molecule has 0 radical (unpaired) electrons. The Morgan fingerprint density at radius 3 is 2.33 bits per heavy atom. The molecule has 4 rings (SSSR count). The number of benzene rings is 1. The van der Waals surface area contributed by atoms with Gasteiger partial charge in [-0.15, -0.1) is 0 Å². The average molecular weight is 324 g/mol. The minimum atomic E-state index is 0.338. The fraction of sp³-hybridized carbons (Fsp3) is 0.526. The molecule has 2 unspecified atom stereocenters.